The van der Waals surface area contributed by atoms with Crippen LogP contribution in [-0.2, 0) is 4.79 Å². The first-order chi connectivity index (χ1) is 9.86. The van der Waals surface area contributed by atoms with Crippen molar-refractivity contribution in [2.75, 3.05) is 18.0 Å². The molecule has 1 atom stereocenters. The van der Waals surface area contributed by atoms with Crippen LogP contribution in [0.5, 0.6) is 0 Å². The number of carboxylic acid groups (broad SMARTS) is 1. The lowest BCUT2D eigenvalue weighted by atomic mass is 9.74. The molecule has 1 saturated heterocycles. The fraction of sp³-hybridized carbons (Fsp3) is 0.500. The van der Waals surface area contributed by atoms with Gasteiger partial charge in [-0.3, -0.25) is 4.79 Å². The molecule has 1 aliphatic rings. The van der Waals surface area contributed by atoms with Crippen molar-refractivity contribution < 1.29 is 9.90 Å². The molecule has 0 aromatic heterocycles. The van der Waals surface area contributed by atoms with E-state index in [-0.39, 0.29) is 5.92 Å². The van der Waals surface area contributed by atoms with E-state index in [2.05, 4.69) is 11.0 Å². The Labute approximate surface area is 129 Å². The highest BCUT2D eigenvalue weighted by atomic mass is 35.5. The van der Waals surface area contributed by atoms with Crippen molar-refractivity contribution in [3.8, 4) is 6.07 Å². The molecule has 1 aromatic carbocycles. The normalized spacial score (nSPS) is 19.1. The SMILES string of the molecule is CC(C)(C(=O)O)C1CCCN(c2cc(Cl)ccc2C#N)C1. The van der Waals surface area contributed by atoms with Crippen LogP contribution < -0.4 is 4.90 Å². The van der Waals surface area contributed by atoms with E-state index in [0.29, 0.717) is 17.1 Å². The molecule has 1 unspecified atom stereocenters. The van der Waals surface area contributed by atoms with Crippen molar-refractivity contribution in [1.82, 2.24) is 0 Å². The van der Waals surface area contributed by atoms with Crippen molar-refractivity contribution in [2.45, 2.75) is 26.7 Å². The van der Waals surface area contributed by atoms with Crippen molar-refractivity contribution in [3.63, 3.8) is 0 Å². The third-order valence-corrected chi connectivity index (χ3v) is 4.65. The first kappa shape index (κ1) is 15.7. The molecule has 2 rings (SSSR count). The fourth-order valence-corrected chi connectivity index (χ4v) is 2.99. The molecule has 0 radical (unpaired) electrons. The van der Waals surface area contributed by atoms with Gasteiger partial charge in [-0.1, -0.05) is 11.6 Å². The molecule has 1 aromatic rings. The third kappa shape index (κ3) is 3.14. The summed E-state index contributed by atoms with van der Waals surface area (Å²) in [5, 5.41) is 19.2. The molecule has 1 heterocycles. The lowest BCUT2D eigenvalue weighted by molar-refractivity contribution is -0.150. The minimum atomic E-state index is -0.777. The summed E-state index contributed by atoms with van der Waals surface area (Å²) < 4.78 is 0. The zero-order valence-corrected chi connectivity index (χ0v) is 13.0. The van der Waals surface area contributed by atoms with Gasteiger partial charge in [0.2, 0.25) is 0 Å². The van der Waals surface area contributed by atoms with E-state index in [1.54, 1.807) is 32.0 Å². The Bertz CT molecular complexity index is 592. The maximum absolute atomic E-state index is 11.4. The average molecular weight is 307 g/mol. The second-order valence-corrected chi connectivity index (χ2v) is 6.52. The Morgan fingerprint density at radius 2 is 2.24 bits per heavy atom. The van der Waals surface area contributed by atoms with Crippen molar-refractivity contribution in [3.05, 3.63) is 28.8 Å². The Morgan fingerprint density at radius 3 is 2.86 bits per heavy atom. The van der Waals surface area contributed by atoms with Crippen molar-refractivity contribution >= 4 is 23.3 Å². The Kier molecular flexibility index (Phi) is 4.43. The molecule has 1 fully saturated rings. The second-order valence-electron chi connectivity index (χ2n) is 6.09. The highest BCUT2D eigenvalue weighted by molar-refractivity contribution is 6.30. The van der Waals surface area contributed by atoms with E-state index in [4.69, 9.17) is 11.6 Å². The van der Waals surface area contributed by atoms with Crippen molar-refractivity contribution in [1.29, 1.82) is 5.26 Å². The molecule has 5 heteroatoms. The molecule has 4 nitrogen and oxygen atoms in total. The average Bonchev–Trinajstić information content (AvgIpc) is 2.47. The molecule has 0 bridgehead atoms. The summed E-state index contributed by atoms with van der Waals surface area (Å²) in [6.07, 6.45) is 1.80. The number of nitrogens with zero attached hydrogens (tertiary/aromatic N) is 2. The number of piperidine rings is 1. The predicted molar refractivity (Wildman–Crippen MR) is 82.5 cm³/mol. The number of nitriles is 1. The van der Waals surface area contributed by atoms with Gasteiger partial charge in [0.05, 0.1) is 16.7 Å². The zero-order chi connectivity index (χ0) is 15.6. The fourth-order valence-electron chi connectivity index (χ4n) is 2.82. The molecule has 0 spiro atoms. The van der Waals surface area contributed by atoms with Gasteiger partial charge in [0, 0.05) is 18.1 Å². The lowest BCUT2D eigenvalue weighted by Gasteiger charge is -2.40. The highest BCUT2D eigenvalue weighted by Gasteiger charge is 2.39. The second kappa shape index (κ2) is 5.95. The summed E-state index contributed by atoms with van der Waals surface area (Å²) in [4.78, 5) is 13.5. The van der Waals surface area contributed by atoms with Crippen LogP contribution in [0.25, 0.3) is 0 Å². The van der Waals surface area contributed by atoms with Crippen LogP contribution in [0.2, 0.25) is 5.02 Å². The molecular weight excluding hydrogens is 288 g/mol. The molecular formula is C16H19ClN2O2. The van der Waals surface area contributed by atoms with Gasteiger partial charge in [-0.15, -0.1) is 0 Å². The standard InChI is InChI=1S/C16H19ClN2O2/c1-16(2,15(20)21)12-4-3-7-19(10-12)14-8-13(17)6-5-11(14)9-18/h5-6,8,12H,3-4,7,10H2,1-2H3,(H,20,21). The van der Waals surface area contributed by atoms with E-state index in [1.807, 2.05) is 0 Å². The largest absolute Gasteiger partial charge is 0.481 e. The lowest BCUT2D eigenvalue weighted by Crippen LogP contribution is -2.45. The number of anilines is 1. The van der Waals surface area contributed by atoms with Crippen LogP contribution in [0.15, 0.2) is 18.2 Å². The first-order valence-electron chi connectivity index (χ1n) is 7.04. The quantitative estimate of drug-likeness (QED) is 0.927. The summed E-state index contributed by atoms with van der Waals surface area (Å²) in [7, 11) is 0. The van der Waals surface area contributed by atoms with Gasteiger partial charge < -0.3 is 10.0 Å². The van der Waals surface area contributed by atoms with Crippen LogP contribution >= 0.6 is 11.6 Å². The molecule has 1 aliphatic heterocycles. The molecule has 0 aliphatic carbocycles. The number of carbonyl (C=O) groups is 1. The van der Waals surface area contributed by atoms with Gasteiger partial charge in [-0.25, -0.2) is 0 Å². The summed E-state index contributed by atoms with van der Waals surface area (Å²) in [5.41, 5.74) is 0.605. The van der Waals surface area contributed by atoms with Crippen LogP contribution in [-0.4, -0.2) is 24.2 Å². The number of carboxylic acids is 1. The van der Waals surface area contributed by atoms with Gasteiger partial charge >= 0.3 is 5.97 Å². The third-order valence-electron chi connectivity index (χ3n) is 4.41. The minimum Gasteiger partial charge on any atom is -0.481 e. The van der Waals surface area contributed by atoms with Crippen molar-refractivity contribution in [2.24, 2.45) is 11.3 Å². The smallest absolute Gasteiger partial charge is 0.309 e. The van der Waals surface area contributed by atoms with Crippen LogP contribution in [0.4, 0.5) is 5.69 Å². The number of hydrogen-bond acceptors (Lipinski definition) is 3. The van der Waals surface area contributed by atoms with E-state index >= 15 is 0 Å². The molecule has 21 heavy (non-hydrogen) atoms. The number of hydrogen-bond donors (Lipinski definition) is 1. The van der Waals surface area contributed by atoms with E-state index < -0.39 is 11.4 Å². The topological polar surface area (TPSA) is 64.3 Å². The monoisotopic (exact) mass is 306 g/mol. The minimum absolute atomic E-state index is 0.0503. The molecule has 1 N–H and O–H groups in total. The molecule has 0 amide bonds. The Balaban J connectivity index is 2.28. The van der Waals surface area contributed by atoms with Gasteiger partial charge in [0.15, 0.2) is 0 Å². The molecule has 0 saturated carbocycles. The summed E-state index contributed by atoms with van der Waals surface area (Å²) in [6, 6.07) is 7.38. The summed E-state index contributed by atoms with van der Waals surface area (Å²) in [6.45, 7) is 4.99. The number of halogens is 1. The predicted octanol–water partition coefficient (Wildman–Crippen LogP) is 3.54. The van der Waals surface area contributed by atoms with Gasteiger partial charge in [-0.05, 0) is 50.8 Å². The maximum atomic E-state index is 11.4. The number of benzene rings is 1. The summed E-state index contributed by atoms with van der Waals surface area (Å²) in [5.74, 6) is -0.727. The Hall–Kier alpha value is -1.73. The maximum Gasteiger partial charge on any atom is 0.309 e. The van der Waals surface area contributed by atoms with Crippen LogP contribution in [0.1, 0.15) is 32.3 Å². The first-order valence-corrected chi connectivity index (χ1v) is 7.42. The number of rotatable bonds is 3. The van der Waals surface area contributed by atoms with Crippen LogP contribution in [0, 0.1) is 22.7 Å². The zero-order valence-electron chi connectivity index (χ0n) is 12.3. The van der Waals surface area contributed by atoms with E-state index in [1.165, 1.54) is 0 Å². The highest BCUT2D eigenvalue weighted by Crippen LogP contribution is 2.37. The van der Waals surface area contributed by atoms with E-state index in [9.17, 15) is 15.2 Å². The van der Waals surface area contributed by atoms with Gasteiger partial charge in [0.25, 0.3) is 0 Å². The van der Waals surface area contributed by atoms with Gasteiger partial charge in [0.1, 0.15) is 6.07 Å². The van der Waals surface area contributed by atoms with Gasteiger partial charge in [-0.2, -0.15) is 5.26 Å². The number of aliphatic carboxylic acids is 1. The summed E-state index contributed by atoms with van der Waals surface area (Å²) >= 11 is 6.04. The molecule has 112 valence electrons. The Morgan fingerprint density at radius 1 is 1.52 bits per heavy atom. The van der Waals surface area contributed by atoms with E-state index in [0.717, 1.165) is 25.1 Å². The van der Waals surface area contributed by atoms with Crippen LogP contribution in [0.3, 0.4) is 0 Å².